The molecule has 3 rings (SSSR count). The van der Waals surface area contributed by atoms with Crippen molar-refractivity contribution >= 4 is 34.8 Å². The van der Waals surface area contributed by atoms with Gasteiger partial charge in [0, 0.05) is 36.9 Å². The molecule has 1 amide bonds. The topological polar surface area (TPSA) is 90.7 Å². The van der Waals surface area contributed by atoms with Crippen molar-refractivity contribution in [3.05, 3.63) is 40.4 Å². The molecular weight excluding hydrogens is 352 g/mol. The maximum absolute atomic E-state index is 12.5. The summed E-state index contributed by atoms with van der Waals surface area (Å²) in [5, 5.41) is 21.8. The van der Waals surface area contributed by atoms with Gasteiger partial charge in [-0.1, -0.05) is 29.8 Å². The van der Waals surface area contributed by atoms with Crippen LogP contribution in [0.5, 0.6) is 0 Å². The minimum atomic E-state index is -1.75. The Morgan fingerprint density at radius 1 is 1.25 bits per heavy atom. The number of benzene rings is 1. The Balaban J connectivity index is 1.74. The van der Waals surface area contributed by atoms with Gasteiger partial charge in [0.05, 0.1) is 5.02 Å². The summed E-state index contributed by atoms with van der Waals surface area (Å²) >= 11 is 7.47. The summed E-state index contributed by atoms with van der Waals surface area (Å²) in [6.07, 6.45) is 0.0190. The SMILES string of the molecule is O=C(c1csc(-c2ccccc2Cl)n1)N1CCC(O)(C(=O)O)CC1. The Labute approximate surface area is 147 Å². The smallest absolute Gasteiger partial charge is 0.335 e. The van der Waals surface area contributed by atoms with Crippen LogP contribution in [0.25, 0.3) is 10.6 Å². The largest absolute Gasteiger partial charge is 0.479 e. The van der Waals surface area contributed by atoms with E-state index >= 15 is 0 Å². The van der Waals surface area contributed by atoms with Crippen molar-refractivity contribution in [1.29, 1.82) is 0 Å². The second kappa shape index (κ2) is 6.51. The van der Waals surface area contributed by atoms with Crippen LogP contribution in [0.3, 0.4) is 0 Å². The van der Waals surface area contributed by atoms with Crippen molar-refractivity contribution < 1.29 is 19.8 Å². The molecule has 0 radical (unpaired) electrons. The van der Waals surface area contributed by atoms with E-state index in [9.17, 15) is 14.7 Å². The second-order valence-corrected chi connectivity index (χ2v) is 6.91. The average molecular weight is 367 g/mol. The van der Waals surface area contributed by atoms with Gasteiger partial charge >= 0.3 is 5.97 Å². The van der Waals surface area contributed by atoms with Gasteiger partial charge in [-0.15, -0.1) is 11.3 Å². The van der Waals surface area contributed by atoms with Crippen molar-refractivity contribution in [3.63, 3.8) is 0 Å². The monoisotopic (exact) mass is 366 g/mol. The molecule has 2 aromatic rings. The van der Waals surface area contributed by atoms with Crippen molar-refractivity contribution in [3.8, 4) is 10.6 Å². The summed E-state index contributed by atoms with van der Waals surface area (Å²) in [4.78, 5) is 29.4. The van der Waals surface area contributed by atoms with Gasteiger partial charge in [0.2, 0.25) is 0 Å². The number of aliphatic carboxylic acids is 1. The first-order chi connectivity index (χ1) is 11.4. The third-order valence-electron chi connectivity index (χ3n) is 4.10. The van der Waals surface area contributed by atoms with E-state index < -0.39 is 11.6 Å². The molecule has 1 aliphatic heterocycles. The highest BCUT2D eigenvalue weighted by molar-refractivity contribution is 7.13. The van der Waals surface area contributed by atoms with E-state index in [4.69, 9.17) is 16.7 Å². The molecule has 2 N–H and O–H groups in total. The summed E-state index contributed by atoms with van der Waals surface area (Å²) in [7, 11) is 0. The fraction of sp³-hybridized carbons (Fsp3) is 0.312. The molecule has 1 aromatic carbocycles. The van der Waals surface area contributed by atoms with E-state index in [-0.39, 0.29) is 31.8 Å². The number of nitrogens with zero attached hydrogens (tertiary/aromatic N) is 2. The van der Waals surface area contributed by atoms with Crippen LogP contribution >= 0.6 is 22.9 Å². The van der Waals surface area contributed by atoms with Crippen LogP contribution in [0.1, 0.15) is 23.3 Å². The normalized spacial score (nSPS) is 16.8. The first kappa shape index (κ1) is 16.9. The van der Waals surface area contributed by atoms with Crippen molar-refractivity contribution in [1.82, 2.24) is 9.88 Å². The van der Waals surface area contributed by atoms with Crippen LogP contribution in [0.2, 0.25) is 5.02 Å². The van der Waals surface area contributed by atoms with E-state index in [1.807, 2.05) is 18.2 Å². The number of hydrogen-bond donors (Lipinski definition) is 2. The number of amides is 1. The Bertz CT molecular complexity index is 784. The van der Waals surface area contributed by atoms with Gasteiger partial charge in [-0.3, -0.25) is 4.79 Å². The molecule has 0 unspecified atom stereocenters. The number of carbonyl (C=O) groups is 2. The number of carbonyl (C=O) groups excluding carboxylic acids is 1. The minimum Gasteiger partial charge on any atom is -0.479 e. The van der Waals surface area contributed by atoms with Gasteiger partial charge in [0.25, 0.3) is 5.91 Å². The summed E-state index contributed by atoms with van der Waals surface area (Å²) in [6, 6.07) is 7.27. The van der Waals surface area contributed by atoms with Crippen LogP contribution in [0.15, 0.2) is 29.6 Å². The first-order valence-electron chi connectivity index (χ1n) is 7.36. The lowest BCUT2D eigenvalue weighted by atomic mass is 9.91. The maximum Gasteiger partial charge on any atom is 0.335 e. The number of hydrogen-bond acceptors (Lipinski definition) is 5. The molecular formula is C16H15ClN2O4S. The molecule has 126 valence electrons. The van der Waals surface area contributed by atoms with E-state index in [2.05, 4.69) is 4.98 Å². The molecule has 1 saturated heterocycles. The lowest BCUT2D eigenvalue weighted by Gasteiger charge is -2.34. The van der Waals surface area contributed by atoms with E-state index in [0.29, 0.717) is 15.7 Å². The molecule has 24 heavy (non-hydrogen) atoms. The highest BCUT2D eigenvalue weighted by Gasteiger charge is 2.40. The third kappa shape index (κ3) is 3.15. The predicted molar refractivity (Wildman–Crippen MR) is 90.3 cm³/mol. The van der Waals surface area contributed by atoms with Gasteiger partial charge < -0.3 is 15.1 Å². The summed E-state index contributed by atoms with van der Waals surface area (Å²) in [6.45, 7) is 0.362. The Kier molecular flexibility index (Phi) is 4.58. The van der Waals surface area contributed by atoms with Crippen molar-refractivity contribution in [2.45, 2.75) is 18.4 Å². The van der Waals surface area contributed by atoms with E-state index in [0.717, 1.165) is 5.56 Å². The Morgan fingerprint density at radius 2 is 1.92 bits per heavy atom. The molecule has 0 atom stereocenters. The van der Waals surface area contributed by atoms with Gasteiger partial charge in [-0.25, -0.2) is 9.78 Å². The molecule has 0 aliphatic carbocycles. The minimum absolute atomic E-state index is 0.00950. The number of aliphatic hydroxyl groups is 1. The van der Waals surface area contributed by atoms with E-state index in [1.165, 1.54) is 16.2 Å². The maximum atomic E-state index is 12.5. The van der Waals surface area contributed by atoms with Crippen LogP contribution in [0, 0.1) is 0 Å². The lowest BCUT2D eigenvalue weighted by Crippen LogP contribution is -2.50. The average Bonchev–Trinajstić information content (AvgIpc) is 3.05. The fourth-order valence-electron chi connectivity index (χ4n) is 2.59. The Hall–Kier alpha value is -1.96. The Morgan fingerprint density at radius 3 is 2.54 bits per heavy atom. The number of likely N-dealkylation sites (tertiary alicyclic amines) is 1. The molecule has 1 aliphatic rings. The zero-order chi connectivity index (χ0) is 17.3. The fourth-order valence-corrected chi connectivity index (χ4v) is 3.70. The van der Waals surface area contributed by atoms with Crippen molar-refractivity contribution in [2.24, 2.45) is 0 Å². The molecule has 1 aromatic heterocycles. The summed E-state index contributed by atoms with van der Waals surface area (Å²) < 4.78 is 0. The van der Waals surface area contributed by atoms with Crippen molar-refractivity contribution in [2.75, 3.05) is 13.1 Å². The van der Waals surface area contributed by atoms with Gasteiger partial charge in [0.1, 0.15) is 10.7 Å². The van der Waals surface area contributed by atoms with Gasteiger partial charge in [-0.2, -0.15) is 0 Å². The first-order valence-corrected chi connectivity index (χ1v) is 8.62. The summed E-state index contributed by atoms with van der Waals surface area (Å²) in [5.41, 5.74) is -0.681. The number of halogens is 1. The summed E-state index contributed by atoms with van der Waals surface area (Å²) in [5.74, 6) is -1.51. The quantitative estimate of drug-likeness (QED) is 0.871. The molecule has 6 nitrogen and oxygen atoms in total. The number of aromatic nitrogens is 1. The molecule has 0 spiro atoms. The zero-order valence-corrected chi connectivity index (χ0v) is 14.2. The number of thiazole rings is 1. The highest BCUT2D eigenvalue weighted by Crippen LogP contribution is 2.31. The molecule has 0 saturated carbocycles. The number of piperidine rings is 1. The van der Waals surface area contributed by atoms with Crippen LogP contribution < -0.4 is 0 Å². The van der Waals surface area contributed by atoms with Gasteiger partial charge in [0.15, 0.2) is 5.60 Å². The van der Waals surface area contributed by atoms with Crippen LogP contribution in [-0.2, 0) is 4.79 Å². The van der Waals surface area contributed by atoms with Gasteiger partial charge in [-0.05, 0) is 6.07 Å². The third-order valence-corrected chi connectivity index (χ3v) is 5.31. The molecule has 1 fully saturated rings. The number of carboxylic acid groups (broad SMARTS) is 1. The lowest BCUT2D eigenvalue weighted by molar-refractivity contribution is -0.162. The molecule has 8 heteroatoms. The molecule has 0 bridgehead atoms. The predicted octanol–water partition coefficient (Wildman–Crippen LogP) is 2.52. The van der Waals surface area contributed by atoms with E-state index in [1.54, 1.807) is 11.4 Å². The second-order valence-electron chi connectivity index (χ2n) is 5.65. The van der Waals surface area contributed by atoms with Crippen LogP contribution in [0.4, 0.5) is 0 Å². The molecule has 2 heterocycles. The zero-order valence-electron chi connectivity index (χ0n) is 12.6. The number of carboxylic acids is 1. The highest BCUT2D eigenvalue weighted by atomic mass is 35.5. The standard InChI is InChI=1S/C16H15ClN2O4S/c17-11-4-2-1-3-10(11)13-18-12(9-24-13)14(20)19-7-5-16(23,6-8-19)15(21)22/h1-4,9,23H,5-8H2,(H,21,22). The van der Waals surface area contributed by atoms with Crippen LogP contribution in [-0.4, -0.2) is 50.7 Å². The number of rotatable bonds is 3.